The lowest BCUT2D eigenvalue weighted by atomic mass is 10.2. The predicted octanol–water partition coefficient (Wildman–Crippen LogP) is 2.43. The molecule has 2 heterocycles. The third-order valence-electron chi connectivity index (χ3n) is 3.77. The van der Waals surface area contributed by atoms with Crippen LogP contribution < -0.4 is 15.4 Å². The zero-order chi connectivity index (χ0) is 19.2. The van der Waals surface area contributed by atoms with Gasteiger partial charge in [-0.15, -0.1) is 0 Å². The van der Waals surface area contributed by atoms with Gasteiger partial charge in [0.05, 0.1) is 30.4 Å². The minimum atomic E-state index is -0.324. The van der Waals surface area contributed by atoms with E-state index in [9.17, 15) is 9.59 Å². The molecule has 27 heavy (non-hydrogen) atoms. The number of halogens is 1. The average Bonchev–Trinajstić information content (AvgIpc) is 3.07. The van der Waals surface area contributed by atoms with Crippen molar-refractivity contribution in [3.63, 3.8) is 0 Å². The molecule has 140 valence electrons. The van der Waals surface area contributed by atoms with Gasteiger partial charge in [0.25, 0.3) is 5.91 Å². The highest BCUT2D eigenvalue weighted by Gasteiger charge is 2.09. The first-order valence-electron chi connectivity index (χ1n) is 8.46. The second-order valence-electron chi connectivity index (χ2n) is 5.76. The molecule has 0 aliphatic heterocycles. The van der Waals surface area contributed by atoms with E-state index in [0.29, 0.717) is 28.6 Å². The van der Waals surface area contributed by atoms with Crippen LogP contribution in [-0.2, 0) is 11.3 Å². The molecule has 7 nitrogen and oxygen atoms in total. The minimum absolute atomic E-state index is 0.120. The third kappa shape index (κ3) is 4.98. The van der Waals surface area contributed by atoms with E-state index in [1.807, 2.05) is 6.92 Å². The molecule has 0 fully saturated rings. The van der Waals surface area contributed by atoms with Crippen molar-refractivity contribution < 1.29 is 14.3 Å². The number of nitrogens with one attached hydrogen (secondary N) is 2. The summed E-state index contributed by atoms with van der Waals surface area (Å²) in [5.41, 5.74) is 1.90. The monoisotopic (exact) mass is 386 g/mol. The molecular formula is C19H19ClN4O3. The molecule has 0 atom stereocenters. The first kappa shape index (κ1) is 18.7. The van der Waals surface area contributed by atoms with E-state index >= 15 is 0 Å². The average molecular weight is 387 g/mol. The fourth-order valence-electron chi connectivity index (χ4n) is 2.49. The minimum Gasteiger partial charge on any atom is -0.494 e. The van der Waals surface area contributed by atoms with Crippen LogP contribution >= 0.6 is 11.6 Å². The van der Waals surface area contributed by atoms with Crippen LogP contribution in [0.4, 0.5) is 0 Å². The number of amides is 2. The van der Waals surface area contributed by atoms with Gasteiger partial charge in [0, 0.05) is 18.0 Å². The Morgan fingerprint density at radius 3 is 2.63 bits per heavy atom. The normalized spacial score (nSPS) is 10.6. The molecule has 2 N–H and O–H groups in total. The van der Waals surface area contributed by atoms with E-state index in [1.165, 1.54) is 0 Å². The predicted molar refractivity (Wildman–Crippen MR) is 102 cm³/mol. The first-order valence-corrected chi connectivity index (χ1v) is 8.84. The topological polar surface area (TPSA) is 84.7 Å². The number of carbonyl (C=O) groups is 2. The number of carbonyl (C=O) groups excluding carboxylic acids is 2. The van der Waals surface area contributed by atoms with Gasteiger partial charge in [-0.2, -0.15) is 0 Å². The number of ether oxygens (including phenoxy) is 1. The zero-order valence-electron chi connectivity index (χ0n) is 14.7. The Bertz CT molecular complexity index is 953. The van der Waals surface area contributed by atoms with E-state index in [1.54, 1.807) is 53.2 Å². The molecule has 1 aromatic carbocycles. The molecule has 2 aromatic heterocycles. The van der Waals surface area contributed by atoms with Gasteiger partial charge >= 0.3 is 0 Å². The van der Waals surface area contributed by atoms with Gasteiger partial charge in [0.1, 0.15) is 11.4 Å². The summed E-state index contributed by atoms with van der Waals surface area (Å²) in [5.74, 6) is 0.0699. The number of benzene rings is 1. The number of fused-ring (bicyclic) bond motifs is 1. The van der Waals surface area contributed by atoms with Crippen molar-refractivity contribution in [2.45, 2.75) is 13.5 Å². The van der Waals surface area contributed by atoms with Crippen molar-refractivity contribution in [3.8, 4) is 5.75 Å². The highest BCUT2D eigenvalue weighted by molar-refractivity contribution is 6.30. The number of imidazole rings is 1. The Morgan fingerprint density at radius 1 is 1.11 bits per heavy atom. The summed E-state index contributed by atoms with van der Waals surface area (Å²) < 4.78 is 7.12. The summed E-state index contributed by atoms with van der Waals surface area (Å²) in [7, 11) is 0. The van der Waals surface area contributed by atoms with Gasteiger partial charge in [-0.3, -0.25) is 9.59 Å². The Morgan fingerprint density at radius 2 is 1.89 bits per heavy atom. The van der Waals surface area contributed by atoms with E-state index in [0.717, 1.165) is 5.65 Å². The van der Waals surface area contributed by atoms with Gasteiger partial charge in [-0.1, -0.05) is 11.6 Å². The van der Waals surface area contributed by atoms with Crippen molar-refractivity contribution in [2.75, 3.05) is 13.2 Å². The van der Waals surface area contributed by atoms with Crippen molar-refractivity contribution >= 4 is 29.1 Å². The molecule has 0 saturated heterocycles. The molecule has 3 aromatic rings. The van der Waals surface area contributed by atoms with Crippen LogP contribution in [0.5, 0.6) is 5.75 Å². The summed E-state index contributed by atoms with van der Waals surface area (Å²) in [5, 5.41) is 5.91. The Labute approximate surface area is 161 Å². The van der Waals surface area contributed by atoms with Crippen LogP contribution in [0.15, 0.2) is 48.8 Å². The number of hydrogen-bond donors (Lipinski definition) is 2. The number of pyridine rings is 1. The molecular weight excluding hydrogens is 368 g/mol. The van der Waals surface area contributed by atoms with Gasteiger partial charge < -0.3 is 19.8 Å². The maximum Gasteiger partial charge on any atom is 0.251 e. The largest absolute Gasteiger partial charge is 0.494 e. The second-order valence-corrected chi connectivity index (χ2v) is 6.20. The molecule has 2 amide bonds. The van der Waals surface area contributed by atoms with Crippen LogP contribution in [0.1, 0.15) is 23.0 Å². The molecule has 0 radical (unpaired) electrons. The fourth-order valence-corrected chi connectivity index (χ4v) is 2.65. The zero-order valence-corrected chi connectivity index (χ0v) is 15.5. The van der Waals surface area contributed by atoms with E-state index in [-0.39, 0.29) is 24.9 Å². The standard InChI is InChI=1S/C19H19ClN4O3/c1-2-27-16-6-3-13(4-7-16)19(26)22-10-18(25)21-9-15-12-24-11-14(20)5-8-17(24)23-15/h3-8,11-12H,2,9-10H2,1H3,(H,21,25)(H,22,26). The molecule has 0 bridgehead atoms. The van der Waals surface area contributed by atoms with Gasteiger partial charge in [0.15, 0.2) is 0 Å². The van der Waals surface area contributed by atoms with Gasteiger partial charge in [0.2, 0.25) is 5.91 Å². The third-order valence-corrected chi connectivity index (χ3v) is 3.99. The highest BCUT2D eigenvalue weighted by atomic mass is 35.5. The molecule has 3 rings (SSSR count). The quantitative estimate of drug-likeness (QED) is 0.653. The molecule has 0 aliphatic rings. The molecule has 0 spiro atoms. The molecule has 0 aliphatic carbocycles. The SMILES string of the molecule is CCOc1ccc(C(=O)NCC(=O)NCc2cn3cc(Cl)ccc3n2)cc1. The smallest absolute Gasteiger partial charge is 0.251 e. The molecule has 0 saturated carbocycles. The summed E-state index contributed by atoms with van der Waals surface area (Å²) in [4.78, 5) is 28.4. The van der Waals surface area contributed by atoms with Crippen LogP contribution in [0, 0.1) is 0 Å². The first-order chi connectivity index (χ1) is 13.0. The Hall–Kier alpha value is -3.06. The van der Waals surface area contributed by atoms with Crippen molar-refractivity contribution in [1.29, 1.82) is 0 Å². The maximum atomic E-state index is 12.1. The molecule has 0 unspecified atom stereocenters. The van der Waals surface area contributed by atoms with Gasteiger partial charge in [-0.25, -0.2) is 4.98 Å². The van der Waals surface area contributed by atoms with E-state index in [4.69, 9.17) is 16.3 Å². The highest BCUT2D eigenvalue weighted by Crippen LogP contribution is 2.12. The Balaban J connectivity index is 1.47. The Kier molecular flexibility index (Phi) is 5.93. The van der Waals surface area contributed by atoms with Crippen molar-refractivity contribution in [1.82, 2.24) is 20.0 Å². The lowest BCUT2D eigenvalue weighted by Crippen LogP contribution is -2.36. The number of hydrogen-bond acceptors (Lipinski definition) is 4. The van der Waals surface area contributed by atoms with Crippen molar-refractivity contribution in [2.24, 2.45) is 0 Å². The lowest BCUT2D eigenvalue weighted by molar-refractivity contribution is -0.120. The van der Waals surface area contributed by atoms with Gasteiger partial charge in [-0.05, 0) is 43.3 Å². The summed E-state index contributed by atoms with van der Waals surface area (Å²) in [6.07, 6.45) is 3.53. The maximum absolute atomic E-state index is 12.1. The summed E-state index contributed by atoms with van der Waals surface area (Å²) >= 11 is 5.94. The molecule has 8 heteroatoms. The van der Waals surface area contributed by atoms with Crippen LogP contribution in [0.25, 0.3) is 5.65 Å². The van der Waals surface area contributed by atoms with E-state index < -0.39 is 0 Å². The summed E-state index contributed by atoms with van der Waals surface area (Å²) in [6.45, 7) is 2.59. The number of aromatic nitrogens is 2. The number of nitrogens with zero attached hydrogens (tertiary/aromatic N) is 2. The summed E-state index contributed by atoms with van der Waals surface area (Å²) in [6, 6.07) is 10.3. The fraction of sp³-hybridized carbons (Fsp3) is 0.211. The van der Waals surface area contributed by atoms with Crippen LogP contribution in [0.3, 0.4) is 0 Å². The van der Waals surface area contributed by atoms with E-state index in [2.05, 4.69) is 15.6 Å². The number of rotatable bonds is 7. The van der Waals surface area contributed by atoms with Crippen molar-refractivity contribution in [3.05, 3.63) is 65.1 Å². The van der Waals surface area contributed by atoms with Crippen LogP contribution in [-0.4, -0.2) is 34.4 Å². The second kappa shape index (κ2) is 8.55. The lowest BCUT2D eigenvalue weighted by Gasteiger charge is -2.07. The van der Waals surface area contributed by atoms with Crippen LogP contribution in [0.2, 0.25) is 5.02 Å².